The van der Waals surface area contributed by atoms with E-state index in [1.807, 2.05) is 48.5 Å². The Kier molecular flexibility index (Phi) is 6.12. The molecule has 4 rings (SSSR count). The fourth-order valence-corrected chi connectivity index (χ4v) is 4.08. The molecule has 0 fully saturated rings. The molecule has 2 atom stereocenters. The monoisotopic (exact) mass is 448 g/mol. The molecule has 3 N–H and O–H groups in total. The molecular formula is C24H24N4O5. The molecule has 0 aliphatic heterocycles. The number of alkyl carbamates (subject to hydrolysis) is 1. The SMILES string of the molecule is CC(NC(=O)OCC1c2ccccc2-c2ccccc21)C(=O)NC(C(=O)O)c1ccnn1C. The molecule has 2 amide bonds. The number of carbonyl (C=O) groups excluding carboxylic acids is 2. The van der Waals surface area contributed by atoms with Crippen LogP contribution in [0.5, 0.6) is 0 Å². The molecule has 0 radical (unpaired) electrons. The summed E-state index contributed by atoms with van der Waals surface area (Å²) in [5, 5.41) is 18.3. The number of rotatable bonds is 7. The number of nitrogens with zero attached hydrogens (tertiary/aromatic N) is 2. The smallest absolute Gasteiger partial charge is 0.407 e. The number of aliphatic carboxylic acids is 1. The average Bonchev–Trinajstić information content (AvgIpc) is 3.36. The quantitative estimate of drug-likeness (QED) is 0.511. The van der Waals surface area contributed by atoms with Gasteiger partial charge in [0.1, 0.15) is 12.6 Å². The van der Waals surface area contributed by atoms with Crippen LogP contribution >= 0.6 is 0 Å². The van der Waals surface area contributed by atoms with Gasteiger partial charge in [0.15, 0.2) is 6.04 Å². The Hall–Kier alpha value is -4.14. The third kappa shape index (κ3) is 4.43. The molecule has 0 saturated carbocycles. The Balaban J connectivity index is 1.37. The van der Waals surface area contributed by atoms with Gasteiger partial charge in [0.2, 0.25) is 5.91 Å². The van der Waals surface area contributed by atoms with Crippen molar-refractivity contribution in [3.8, 4) is 11.1 Å². The first-order valence-corrected chi connectivity index (χ1v) is 10.5. The highest BCUT2D eigenvalue weighted by Crippen LogP contribution is 2.44. The molecular weight excluding hydrogens is 424 g/mol. The molecule has 1 heterocycles. The first-order chi connectivity index (χ1) is 15.9. The van der Waals surface area contributed by atoms with Crippen molar-refractivity contribution < 1.29 is 24.2 Å². The first-order valence-electron chi connectivity index (χ1n) is 10.5. The maximum absolute atomic E-state index is 12.5. The van der Waals surface area contributed by atoms with Crippen molar-refractivity contribution in [1.29, 1.82) is 0 Å². The highest BCUT2D eigenvalue weighted by atomic mass is 16.5. The Labute approximate surface area is 190 Å². The van der Waals surface area contributed by atoms with Gasteiger partial charge in [-0.2, -0.15) is 5.10 Å². The van der Waals surface area contributed by atoms with E-state index in [1.54, 1.807) is 7.05 Å². The summed E-state index contributed by atoms with van der Waals surface area (Å²) in [5.74, 6) is -1.99. The minimum atomic E-state index is -1.29. The standard InChI is InChI=1S/C24H24N4O5/c1-14(22(29)27-21(23(30)31)20-11-12-25-28(20)2)26-24(32)33-13-19-17-9-5-3-7-15(17)16-8-4-6-10-18(16)19/h3-12,14,19,21H,13H2,1-2H3,(H,26,32)(H,27,29)(H,30,31). The fourth-order valence-electron chi connectivity index (χ4n) is 4.08. The summed E-state index contributed by atoms with van der Waals surface area (Å²) in [4.78, 5) is 36.5. The molecule has 1 aliphatic carbocycles. The molecule has 33 heavy (non-hydrogen) atoms. The highest BCUT2D eigenvalue weighted by molar-refractivity contribution is 5.89. The van der Waals surface area contributed by atoms with E-state index in [4.69, 9.17) is 4.74 Å². The number of aromatic nitrogens is 2. The maximum Gasteiger partial charge on any atom is 0.407 e. The van der Waals surface area contributed by atoms with Gasteiger partial charge < -0.3 is 20.5 Å². The number of aryl methyl sites for hydroxylation is 1. The average molecular weight is 448 g/mol. The number of amides is 2. The summed E-state index contributed by atoms with van der Waals surface area (Å²) in [7, 11) is 1.58. The Bertz CT molecular complexity index is 1160. The number of hydrogen-bond donors (Lipinski definition) is 3. The van der Waals surface area contributed by atoms with Crippen LogP contribution in [0.15, 0.2) is 60.8 Å². The first kappa shape index (κ1) is 22.1. The predicted molar refractivity (Wildman–Crippen MR) is 119 cm³/mol. The van der Waals surface area contributed by atoms with E-state index in [2.05, 4.69) is 15.7 Å². The van der Waals surface area contributed by atoms with Crippen LogP contribution in [0.4, 0.5) is 4.79 Å². The van der Waals surface area contributed by atoms with E-state index in [0.29, 0.717) is 5.69 Å². The zero-order chi connectivity index (χ0) is 23.5. The molecule has 0 spiro atoms. The van der Waals surface area contributed by atoms with Crippen molar-refractivity contribution in [2.45, 2.75) is 24.9 Å². The lowest BCUT2D eigenvalue weighted by Crippen LogP contribution is -2.47. The van der Waals surface area contributed by atoms with Crippen molar-refractivity contribution in [3.63, 3.8) is 0 Å². The van der Waals surface area contributed by atoms with Gasteiger partial charge in [0.05, 0.1) is 5.69 Å². The second-order valence-electron chi connectivity index (χ2n) is 7.85. The molecule has 1 aromatic heterocycles. The summed E-state index contributed by atoms with van der Waals surface area (Å²) in [6.07, 6.45) is 0.683. The van der Waals surface area contributed by atoms with E-state index in [9.17, 15) is 19.5 Å². The van der Waals surface area contributed by atoms with E-state index in [-0.39, 0.29) is 12.5 Å². The van der Waals surface area contributed by atoms with Crippen LogP contribution in [-0.2, 0) is 21.4 Å². The van der Waals surface area contributed by atoms with Gasteiger partial charge in [-0.15, -0.1) is 0 Å². The van der Waals surface area contributed by atoms with Gasteiger partial charge in [0.25, 0.3) is 0 Å². The van der Waals surface area contributed by atoms with E-state index in [0.717, 1.165) is 22.3 Å². The number of ether oxygens (including phenoxy) is 1. The van der Waals surface area contributed by atoms with Gasteiger partial charge in [-0.3, -0.25) is 9.48 Å². The Morgan fingerprint density at radius 3 is 2.18 bits per heavy atom. The van der Waals surface area contributed by atoms with Crippen LogP contribution in [-0.4, -0.2) is 45.5 Å². The van der Waals surface area contributed by atoms with Crippen LogP contribution in [0.1, 0.15) is 35.7 Å². The van der Waals surface area contributed by atoms with Gasteiger partial charge >= 0.3 is 12.1 Å². The van der Waals surface area contributed by atoms with Gasteiger partial charge in [-0.1, -0.05) is 48.5 Å². The third-order valence-electron chi connectivity index (χ3n) is 5.76. The van der Waals surface area contributed by atoms with Crippen LogP contribution in [0.3, 0.4) is 0 Å². The van der Waals surface area contributed by atoms with Crippen LogP contribution in [0, 0.1) is 0 Å². The number of fused-ring (bicyclic) bond motifs is 3. The molecule has 2 aromatic carbocycles. The van der Waals surface area contributed by atoms with Gasteiger partial charge in [-0.25, -0.2) is 9.59 Å². The molecule has 3 aromatic rings. The lowest BCUT2D eigenvalue weighted by atomic mass is 9.98. The summed E-state index contributed by atoms with van der Waals surface area (Å²) in [6.45, 7) is 1.57. The fraction of sp³-hybridized carbons (Fsp3) is 0.250. The highest BCUT2D eigenvalue weighted by Gasteiger charge is 2.30. The van der Waals surface area contributed by atoms with Crippen molar-refractivity contribution in [1.82, 2.24) is 20.4 Å². The molecule has 170 valence electrons. The zero-order valence-corrected chi connectivity index (χ0v) is 18.2. The van der Waals surface area contributed by atoms with Gasteiger partial charge in [0, 0.05) is 19.2 Å². The maximum atomic E-state index is 12.5. The van der Waals surface area contributed by atoms with Crippen molar-refractivity contribution in [3.05, 3.63) is 77.6 Å². The number of hydrogen-bond acceptors (Lipinski definition) is 5. The van der Waals surface area contributed by atoms with E-state index >= 15 is 0 Å². The normalized spacial score (nSPS) is 14.0. The lowest BCUT2D eigenvalue weighted by molar-refractivity contribution is -0.142. The lowest BCUT2D eigenvalue weighted by Gasteiger charge is -2.19. The summed E-state index contributed by atoms with van der Waals surface area (Å²) in [6, 6.07) is 15.2. The van der Waals surface area contributed by atoms with Crippen molar-refractivity contribution >= 4 is 18.0 Å². The van der Waals surface area contributed by atoms with E-state index < -0.39 is 30.1 Å². The number of carboxylic acids is 1. The molecule has 9 heteroatoms. The largest absolute Gasteiger partial charge is 0.479 e. The Morgan fingerprint density at radius 2 is 1.64 bits per heavy atom. The van der Waals surface area contributed by atoms with Gasteiger partial charge in [-0.05, 0) is 35.2 Å². The van der Waals surface area contributed by atoms with Crippen LogP contribution < -0.4 is 10.6 Å². The number of nitrogens with one attached hydrogen (secondary N) is 2. The van der Waals surface area contributed by atoms with Crippen molar-refractivity contribution in [2.24, 2.45) is 7.05 Å². The second-order valence-corrected chi connectivity index (χ2v) is 7.85. The van der Waals surface area contributed by atoms with Crippen LogP contribution in [0.2, 0.25) is 0 Å². The summed E-state index contributed by atoms with van der Waals surface area (Å²) in [5.41, 5.74) is 4.70. The summed E-state index contributed by atoms with van der Waals surface area (Å²) >= 11 is 0. The molecule has 9 nitrogen and oxygen atoms in total. The predicted octanol–water partition coefficient (Wildman–Crippen LogP) is 2.59. The Morgan fingerprint density at radius 1 is 1.03 bits per heavy atom. The molecule has 0 bridgehead atoms. The van der Waals surface area contributed by atoms with E-state index in [1.165, 1.54) is 23.9 Å². The molecule has 0 saturated heterocycles. The van der Waals surface area contributed by atoms with Crippen LogP contribution in [0.25, 0.3) is 11.1 Å². The minimum absolute atomic E-state index is 0.103. The molecule has 2 unspecified atom stereocenters. The number of benzene rings is 2. The second kappa shape index (κ2) is 9.15. The minimum Gasteiger partial charge on any atom is -0.479 e. The number of carboxylic acid groups (broad SMARTS) is 1. The molecule has 1 aliphatic rings. The summed E-state index contributed by atoms with van der Waals surface area (Å²) < 4.78 is 6.81. The zero-order valence-electron chi connectivity index (χ0n) is 18.2. The number of carbonyl (C=O) groups is 3. The topological polar surface area (TPSA) is 123 Å². The third-order valence-corrected chi connectivity index (χ3v) is 5.76. The van der Waals surface area contributed by atoms with Crippen molar-refractivity contribution in [2.75, 3.05) is 6.61 Å².